The largest absolute Gasteiger partial charge is 0.355 e. The van der Waals surface area contributed by atoms with Gasteiger partial charge in [-0.1, -0.05) is 43.1 Å². The van der Waals surface area contributed by atoms with Crippen molar-refractivity contribution in [2.75, 3.05) is 19.6 Å². The van der Waals surface area contributed by atoms with E-state index in [-0.39, 0.29) is 29.6 Å². The molecule has 1 saturated heterocycles. The second-order valence-electron chi connectivity index (χ2n) is 5.92. The first-order valence-corrected chi connectivity index (χ1v) is 7.60. The number of rotatable bonds is 4. The Balaban J connectivity index is 0.00000220. The summed E-state index contributed by atoms with van der Waals surface area (Å²) in [5.41, 5.74) is 0.882. The Hall–Kier alpha value is -0.480. The number of halogens is 3. The summed E-state index contributed by atoms with van der Waals surface area (Å²) in [6.07, 6.45) is 0.916. The molecule has 0 radical (unpaired) electrons. The van der Waals surface area contributed by atoms with E-state index in [0.717, 1.165) is 25.1 Å². The summed E-state index contributed by atoms with van der Waals surface area (Å²) in [5, 5.41) is 7.34. The molecule has 6 heteroatoms. The molecule has 0 saturated carbocycles. The fourth-order valence-corrected chi connectivity index (χ4v) is 2.65. The average Bonchev–Trinajstić information content (AvgIpc) is 2.93. The van der Waals surface area contributed by atoms with Gasteiger partial charge in [-0.15, -0.1) is 12.4 Å². The second-order valence-corrected chi connectivity index (χ2v) is 6.73. The molecule has 0 aliphatic carbocycles. The van der Waals surface area contributed by atoms with Gasteiger partial charge in [0.2, 0.25) is 5.91 Å². The summed E-state index contributed by atoms with van der Waals surface area (Å²) in [5.74, 6) is 0.225. The van der Waals surface area contributed by atoms with Crippen molar-refractivity contribution in [3.05, 3.63) is 33.8 Å². The summed E-state index contributed by atoms with van der Waals surface area (Å²) < 4.78 is 0. The van der Waals surface area contributed by atoms with Crippen LogP contribution < -0.4 is 10.6 Å². The summed E-state index contributed by atoms with van der Waals surface area (Å²) in [7, 11) is 0. The van der Waals surface area contributed by atoms with Crippen molar-refractivity contribution in [1.29, 1.82) is 0 Å². The van der Waals surface area contributed by atoms with E-state index in [0.29, 0.717) is 16.6 Å². The third-order valence-corrected chi connectivity index (χ3v) is 4.58. The topological polar surface area (TPSA) is 41.1 Å². The zero-order valence-corrected chi connectivity index (χ0v) is 14.5. The Bertz CT molecular complexity index is 500. The van der Waals surface area contributed by atoms with Gasteiger partial charge >= 0.3 is 0 Å². The van der Waals surface area contributed by atoms with E-state index in [9.17, 15) is 4.79 Å². The Morgan fingerprint density at radius 2 is 2.10 bits per heavy atom. The van der Waals surface area contributed by atoms with Crippen LogP contribution in [0.3, 0.4) is 0 Å². The van der Waals surface area contributed by atoms with Gasteiger partial charge < -0.3 is 10.6 Å². The molecule has 1 aromatic carbocycles. The molecule has 21 heavy (non-hydrogen) atoms. The number of carbonyl (C=O) groups is 1. The van der Waals surface area contributed by atoms with Crippen LogP contribution >= 0.6 is 35.6 Å². The SMILES string of the molecule is CC(C)(CNC(=O)C1CCNC1)c1ccc(Cl)c(Cl)c1.Cl. The molecule has 2 N–H and O–H groups in total. The summed E-state index contributed by atoms with van der Waals surface area (Å²) in [6.45, 7) is 6.45. The van der Waals surface area contributed by atoms with E-state index < -0.39 is 0 Å². The van der Waals surface area contributed by atoms with Crippen molar-refractivity contribution in [2.45, 2.75) is 25.7 Å². The van der Waals surface area contributed by atoms with Gasteiger partial charge in [0, 0.05) is 18.5 Å². The molecule has 1 unspecified atom stereocenters. The molecular formula is C15H21Cl3N2O. The fraction of sp³-hybridized carbons (Fsp3) is 0.533. The first kappa shape index (κ1) is 18.6. The number of benzene rings is 1. The molecule has 1 amide bonds. The van der Waals surface area contributed by atoms with Crippen molar-refractivity contribution in [3.8, 4) is 0 Å². The van der Waals surface area contributed by atoms with Crippen LogP contribution in [0.5, 0.6) is 0 Å². The van der Waals surface area contributed by atoms with Gasteiger partial charge in [0.25, 0.3) is 0 Å². The molecule has 3 nitrogen and oxygen atoms in total. The molecule has 1 aliphatic rings. The smallest absolute Gasteiger partial charge is 0.224 e. The number of nitrogens with one attached hydrogen (secondary N) is 2. The quantitative estimate of drug-likeness (QED) is 0.872. The Kier molecular flexibility index (Phi) is 6.79. The van der Waals surface area contributed by atoms with Crippen LogP contribution in [0.4, 0.5) is 0 Å². The Morgan fingerprint density at radius 1 is 1.38 bits per heavy atom. The maximum Gasteiger partial charge on any atom is 0.224 e. The maximum absolute atomic E-state index is 12.0. The van der Waals surface area contributed by atoms with Crippen LogP contribution in [0.2, 0.25) is 10.0 Å². The van der Waals surface area contributed by atoms with E-state index in [4.69, 9.17) is 23.2 Å². The fourth-order valence-electron chi connectivity index (χ4n) is 2.35. The normalized spacial score (nSPS) is 18.2. The van der Waals surface area contributed by atoms with Gasteiger partial charge in [-0.2, -0.15) is 0 Å². The molecule has 1 aromatic rings. The molecule has 1 heterocycles. The van der Waals surface area contributed by atoms with Crippen LogP contribution in [0.25, 0.3) is 0 Å². The minimum atomic E-state index is -0.185. The highest BCUT2D eigenvalue weighted by Crippen LogP contribution is 2.29. The zero-order valence-electron chi connectivity index (χ0n) is 12.2. The number of carbonyl (C=O) groups excluding carboxylic acids is 1. The lowest BCUT2D eigenvalue weighted by atomic mass is 9.84. The van der Waals surface area contributed by atoms with Gasteiger partial charge in [0.1, 0.15) is 0 Å². The highest BCUT2D eigenvalue weighted by atomic mass is 35.5. The van der Waals surface area contributed by atoms with Crippen molar-refractivity contribution < 1.29 is 4.79 Å². The van der Waals surface area contributed by atoms with Crippen LogP contribution in [-0.2, 0) is 10.2 Å². The first-order valence-electron chi connectivity index (χ1n) is 6.84. The van der Waals surface area contributed by atoms with E-state index >= 15 is 0 Å². The summed E-state index contributed by atoms with van der Waals surface area (Å²) in [4.78, 5) is 12.0. The lowest BCUT2D eigenvalue weighted by Crippen LogP contribution is -2.40. The first-order chi connectivity index (χ1) is 9.40. The molecule has 118 valence electrons. The number of hydrogen-bond acceptors (Lipinski definition) is 2. The van der Waals surface area contributed by atoms with Gasteiger partial charge in [-0.3, -0.25) is 4.79 Å². The zero-order chi connectivity index (χ0) is 14.8. The molecule has 1 fully saturated rings. The molecule has 1 aliphatic heterocycles. The van der Waals surface area contributed by atoms with Gasteiger partial charge in [0.15, 0.2) is 0 Å². The van der Waals surface area contributed by atoms with E-state index in [2.05, 4.69) is 24.5 Å². The van der Waals surface area contributed by atoms with Gasteiger partial charge in [-0.05, 0) is 30.7 Å². The molecule has 0 spiro atoms. The maximum atomic E-state index is 12.0. The highest BCUT2D eigenvalue weighted by Gasteiger charge is 2.26. The van der Waals surface area contributed by atoms with Crippen LogP contribution in [0.1, 0.15) is 25.8 Å². The van der Waals surface area contributed by atoms with Crippen molar-refractivity contribution in [1.82, 2.24) is 10.6 Å². The summed E-state index contributed by atoms with van der Waals surface area (Å²) in [6, 6.07) is 5.62. The molecular weight excluding hydrogens is 331 g/mol. The third kappa shape index (κ3) is 4.75. The lowest BCUT2D eigenvalue weighted by Gasteiger charge is -2.26. The minimum Gasteiger partial charge on any atom is -0.355 e. The molecule has 2 rings (SSSR count). The monoisotopic (exact) mass is 350 g/mol. The van der Waals surface area contributed by atoms with Gasteiger partial charge in [-0.25, -0.2) is 0 Å². The second kappa shape index (κ2) is 7.68. The van der Waals surface area contributed by atoms with Crippen LogP contribution in [0.15, 0.2) is 18.2 Å². The Morgan fingerprint density at radius 3 is 2.67 bits per heavy atom. The predicted molar refractivity (Wildman–Crippen MR) is 90.7 cm³/mol. The molecule has 0 bridgehead atoms. The highest BCUT2D eigenvalue weighted by molar-refractivity contribution is 6.42. The molecule has 1 atom stereocenters. The Labute approximate surface area is 142 Å². The van der Waals surface area contributed by atoms with Crippen LogP contribution in [-0.4, -0.2) is 25.5 Å². The lowest BCUT2D eigenvalue weighted by molar-refractivity contribution is -0.124. The van der Waals surface area contributed by atoms with Crippen molar-refractivity contribution >= 4 is 41.5 Å². The third-order valence-electron chi connectivity index (χ3n) is 3.84. The minimum absolute atomic E-state index is 0. The summed E-state index contributed by atoms with van der Waals surface area (Å²) >= 11 is 12.0. The standard InChI is InChI=1S/C15H20Cl2N2O.ClH/c1-15(2,11-3-4-12(16)13(17)7-11)9-19-14(20)10-5-6-18-8-10;/h3-4,7,10,18H,5-6,8-9H2,1-2H3,(H,19,20);1H. The van der Waals surface area contributed by atoms with Crippen molar-refractivity contribution in [3.63, 3.8) is 0 Å². The van der Waals surface area contributed by atoms with E-state index in [1.165, 1.54) is 0 Å². The van der Waals surface area contributed by atoms with Crippen molar-refractivity contribution in [2.24, 2.45) is 5.92 Å². The predicted octanol–water partition coefficient (Wildman–Crippen LogP) is 3.42. The van der Waals surface area contributed by atoms with E-state index in [1.54, 1.807) is 6.07 Å². The van der Waals surface area contributed by atoms with Gasteiger partial charge in [0.05, 0.1) is 16.0 Å². The average molecular weight is 352 g/mol. The van der Waals surface area contributed by atoms with E-state index in [1.807, 2.05) is 12.1 Å². The number of hydrogen-bond donors (Lipinski definition) is 2. The van der Waals surface area contributed by atoms with Crippen LogP contribution in [0, 0.1) is 5.92 Å². The molecule has 0 aromatic heterocycles. The number of amides is 1.